The predicted octanol–water partition coefficient (Wildman–Crippen LogP) is 1.83. The van der Waals surface area contributed by atoms with Crippen LogP contribution in [0.25, 0.3) is 11.3 Å². The van der Waals surface area contributed by atoms with Crippen molar-refractivity contribution in [3.63, 3.8) is 0 Å². The summed E-state index contributed by atoms with van der Waals surface area (Å²) in [5.41, 5.74) is 2.44. The zero-order valence-corrected chi connectivity index (χ0v) is 10.5. The van der Waals surface area contributed by atoms with E-state index in [0.29, 0.717) is 18.8 Å². The van der Waals surface area contributed by atoms with E-state index in [4.69, 9.17) is 9.63 Å². The Morgan fingerprint density at radius 1 is 1.42 bits per heavy atom. The van der Waals surface area contributed by atoms with Crippen molar-refractivity contribution in [2.75, 3.05) is 19.7 Å². The van der Waals surface area contributed by atoms with Crippen LogP contribution < -0.4 is 0 Å². The zero-order chi connectivity index (χ0) is 13.2. The third kappa shape index (κ3) is 2.39. The molecule has 0 atom stereocenters. The molecule has 100 valence electrons. The summed E-state index contributed by atoms with van der Waals surface area (Å²) in [5, 5.41) is 13.1. The van der Waals surface area contributed by atoms with E-state index >= 15 is 0 Å². The molecule has 1 aromatic carbocycles. The average Bonchev–Trinajstić information content (AvgIpc) is 2.82. The lowest BCUT2D eigenvalue weighted by atomic mass is 10.0. The van der Waals surface area contributed by atoms with Gasteiger partial charge in [0.15, 0.2) is 0 Å². The molecule has 1 N–H and O–H groups in total. The SMILES string of the molecule is OCCN1CCc2onc(-c3cccc(F)c3)c2C1. The molecule has 0 radical (unpaired) electrons. The van der Waals surface area contributed by atoms with Crippen molar-refractivity contribution in [1.29, 1.82) is 0 Å². The summed E-state index contributed by atoms with van der Waals surface area (Å²) in [6, 6.07) is 6.36. The van der Waals surface area contributed by atoms with Gasteiger partial charge in [-0.25, -0.2) is 4.39 Å². The number of hydrogen-bond acceptors (Lipinski definition) is 4. The van der Waals surface area contributed by atoms with E-state index in [0.717, 1.165) is 29.9 Å². The Bertz CT molecular complexity index is 583. The van der Waals surface area contributed by atoms with Crippen molar-refractivity contribution in [3.8, 4) is 11.3 Å². The van der Waals surface area contributed by atoms with Crippen LogP contribution in [0.3, 0.4) is 0 Å². The summed E-state index contributed by atoms with van der Waals surface area (Å²) in [4.78, 5) is 2.14. The minimum absolute atomic E-state index is 0.135. The Hall–Kier alpha value is -1.72. The zero-order valence-electron chi connectivity index (χ0n) is 10.5. The second-order valence-corrected chi connectivity index (χ2v) is 4.69. The first-order valence-corrected chi connectivity index (χ1v) is 6.34. The summed E-state index contributed by atoms with van der Waals surface area (Å²) in [7, 11) is 0. The van der Waals surface area contributed by atoms with E-state index < -0.39 is 0 Å². The molecule has 2 heterocycles. The molecule has 5 heteroatoms. The topological polar surface area (TPSA) is 49.5 Å². The van der Waals surface area contributed by atoms with Crippen LogP contribution in [0.5, 0.6) is 0 Å². The van der Waals surface area contributed by atoms with Gasteiger partial charge in [-0.3, -0.25) is 4.90 Å². The lowest BCUT2D eigenvalue weighted by Crippen LogP contribution is -2.32. The predicted molar refractivity (Wildman–Crippen MR) is 68.0 cm³/mol. The molecule has 1 aliphatic heterocycles. The van der Waals surface area contributed by atoms with E-state index in [1.807, 2.05) is 6.07 Å². The number of benzene rings is 1. The molecule has 2 aromatic rings. The van der Waals surface area contributed by atoms with Crippen LogP contribution >= 0.6 is 0 Å². The second kappa shape index (κ2) is 5.11. The molecule has 0 spiro atoms. The van der Waals surface area contributed by atoms with Gasteiger partial charge in [-0.1, -0.05) is 17.3 Å². The van der Waals surface area contributed by atoms with E-state index in [-0.39, 0.29) is 12.4 Å². The first-order valence-electron chi connectivity index (χ1n) is 6.34. The minimum Gasteiger partial charge on any atom is -0.395 e. The van der Waals surface area contributed by atoms with Crippen molar-refractivity contribution in [3.05, 3.63) is 41.4 Å². The van der Waals surface area contributed by atoms with Crippen LogP contribution in [-0.2, 0) is 13.0 Å². The fourth-order valence-corrected chi connectivity index (χ4v) is 2.46. The number of aliphatic hydroxyl groups excluding tert-OH is 1. The molecule has 0 saturated heterocycles. The van der Waals surface area contributed by atoms with Gasteiger partial charge >= 0.3 is 0 Å². The Morgan fingerprint density at radius 3 is 3.11 bits per heavy atom. The Morgan fingerprint density at radius 2 is 2.32 bits per heavy atom. The Balaban J connectivity index is 1.95. The maximum atomic E-state index is 13.3. The van der Waals surface area contributed by atoms with E-state index in [2.05, 4.69) is 10.1 Å². The monoisotopic (exact) mass is 262 g/mol. The fourth-order valence-electron chi connectivity index (χ4n) is 2.46. The first kappa shape index (κ1) is 12.3. The summed E-state index contributed by atoms with van der Waals surface area (Å²) in [5.74, 6) is 0.589. The van der Waals surface area contributed by atoms with Crippen molar-refractivity contribution in [2.45, 2.75) is 13.0 Å². The average molecular weight is 262 g/mol. The number of fused-ring (bicyclic) bond motifs is 1. The van der Waals surface area contributed by atoms with Crippen LogP contribution in [0.2, 0.25) is 0 Å². The first-order chi connectivity index (χ1) is 9.28. The summed E-state index contributed by atoms with van der Waals surface area (Å²) < 4.78 is 18.6. The minimum atomic E-state index is -0.280. The summed E-state index contributed by atoms with van der Waals surface area (Å²) >= 11 is 0. The lowest BCUT2D eigenvalue weighted by Gasteiger charge is -2.24. The lowest BCUT2D eigenvalue weighted by molar-refractivity contribution is 0.178. The van der Waals surface area contributed by atoms with E-state index in [9.17, 15) is 4.39 Å². The normalized spacial score (nSPS) is 15.5. The van der Waals surface area contributed by atoms with Crippen LogP contribution in [0.4, 0.5) is 4.39 Å². The quantitative estimate of drug-likeness (QED) is 0.917. The molecule has 4 nitrogen and oxygen atoms in total. The number of aliphatic hydroxyl groups is 1. The Labute approximate surface area is 110 Å². The number of aromatic nitrogens is 1. The number of halogens is 1. The van der Waals surface area contributed by atoms with Gasteiger partial charge < -0.3 is 9.63 Å². The number of nitrogens with zero attached hydrogens (tertiary/aromatic N) is 2. The number of β-amino-alcohol motifs (C(OH)–C–C–N with tert-alkyl or cyclic N) is 1. The molecule has 0 fully saturated rings. The largest absolute Gasteiger partial charge is 0.395 e. The molecule has 0 unspecified atom stereocenters. The highest BCUT2D eigenvalue weighted by Gasteiger charge is 2.24. The van der Waals surface area contributed by atoms with Crippen LogP contribution in [0, 0.1) is 5.82 Å². The second-order valence-electron chi connectivity index (χ2n) is 4.69. The Kier molecular flexibility index (Phi) is 3.31. The molecule has 1 aliphatic rings. The number of hydrogen-bond donors (Lipinski definition) is 1. The molecule has 19 heavy (non-hydrogen) atoms. The highest BCUT2D eigenvalue weighted by Crippen LogP contribution is 2.30. The van der Waals surface area contributed by atoms with Crippen molar-refractivity contribution in [2.24, 2.45) is 0 Å². The van der Waals surface area contributed by atoms with Gasteiger partial charge in [0.1, 0.15) is 17.3 Å². The van der Waals surface area contributed by atoms with Gasteiger partial charge in [0.25, 0.3) is 0 Å². The van der Waals surface area contributed by atoms with Gasteiger partial charge in [0, 0.05) is 37.2 Å². The standard InChI is InChI=1S/C14H15FN2O2/c15-11-3-1-2-10(8-11)14-12-9-17(6-7-18)5-4-13(12)19-16-14/h1-3,8,18H,4-7,9H2. The number of rotatable bonds is 3. The molecule has 1 aromatic heterocycles. The maximum absolute atomic E-state index is 13.3. The summed E-state index contributed by atoms with van der Waals surface area (Å²) in [6.07, 6.45) is 0.775. The van der Waals surface area contributed by atoms with Crippen molar-refractivity contribution < 1.29 is 14.0 Å². The molecule has 0 aliphatic carbocycles. The van der Waals surface area contributed by atoms with E-state index in [1.54, 1.807) is 6.07 Å². The molecule has 0 amide bonds. The van der Waals surface area contributed by atoms with Gasteiger partial charge in [0.2, 0.25) is 0 Å². The van der Waals surface area contributed by atoms with Gasteiger partial charge in [-0.05, 0) is 12.1 Å². The maximum Gasteiger partial charge on any atom is 0.143 e. The van der Waals surface area contributed by atoms with Crippen molar-refractivity contribution >= 4 is 0 Å². The molecule has 0 bridgehead atoms. The van der Waals surface area contributed by atoms with Crippen LogP contribution in [0.1, 0.15) is 11.3 Å². The molecular weight excluding hydrogens is 247 g/mol. The van der Waals surface area contributed by atoms with Gasteiger partial charge in [0.05, 0.1) is 6.61 Å². The fraction of sp³-hybridized carbons (Fsp3) is 0.357. The van der Waals surface area contributed by atoms with Gasteiger partial charge in [-0.2, -0.15) is 0 Å². The third-order valence-electron chi connectivity index (χ3n) is 3.42. The summed E-state index contributed by atoms with van der Waals surface area (Å²) in [6.45, 7) is 2.31. The molecular formula is C14H15FN2O2. The smallest absolute Gasteiger partial charge is 0.143 e. The third-order valence-corrected chi connectivity index (χ3v) is 3.42. The van der Waals surface area contributed by atoms with Crippen LogP contribution in [-0.4, -0.2) is 34.9 Å². The van der Waals surface area contributed by atoms with Crippen molar-refractivity contribution in [1.82, 2.24) is 10.1 Å². The molecule has 0 saturated carbocycles. The van der Waals surface area contributed by atoms with E-state index in [1.165, 1.54) is 12.1 Å². The van der Waals surface area contributed by atoms with Gasteiger partial charge in [-0.15, -0.1) is 0 Å². The highest BCUT2D eigenvalue weighted by atomic mass is 19.1. The molecule has 3 rings (SSSR count). The van der Waals surface area contributed by atoms with Crippen LogP contribution in [0.15, 0.2) is 28.8 Å². The highest BCUT2D eigenvalue weighted by molar-refractivity contribution is 5.63.